The lowest BCUT2D eigenvalue weighted by atomic mass is 9.71. The number of para-hydroxylation sites is 1. The number of esters is 1. The molecule has 0 spiro atoms. The van der Waals surface area contributed by atoms with E-state index in [9.17, 15) is 9.59 Å². The monoisotopic (exact) mass is 521 g/mol. The Bertz CT molecular complexity index is 1270. The van der Waals surface area contributed by atoms with E-state index in [1.807, 2.05) is 49.4 Å². The lowest BCUT2D eigenvalue weighted by Crippen LogP contribution is -2.36. The summed E-state index contributed by atoms with van der Waals surface area (Å²) in [5, 5.41) is 4.08. The molecule has 0 aromatic heterocycles. The van der Waals surface area contributed by atoms with Crippen molar-refractivity contribution in [2.45, 2.75) is 63.4 Å². The van der Waals surface area contributed by atoms with Crippen LogP contribution in [-0.2, 0) is 14.3 Å². The van der Waals surface area contributed by atoms with Crippen molar-refractivity contribution in [1.29, 1.82) is 0 Å². The van der Waals surface area contributed by atoms with Gasteiger partial charge in [0.1, 0.15) is 6.10 Å². The molecule has 37 heavy (non-hydrogen) atoms. The van der Waals surface area contributed by atoms with E-state index in [-0.39, 0.29) is 23.8 Å². The van der Waals surface area contributed by atoms with Gasteiger partial charge in [0.15, 0.2) is 17.3 Å². The number of carbonyl (C=O) groups is 2. The third kappa shape index (κ3) is 4.87. The molecule has 2 atom stereocenters. The van der Waals surface area contributed by atoms with E-state index in [4.69, 9.17) is 25.8 Å². The molecule has 0 radical (unpaired) electrons. The molecule has 2 aliphatic carbocycles. The first kappa shape index (κ1) is 25.4. The van der Waals surface area contributed by atoms with Gasteiger partial charge in [0, 0.05) is 34.0 Å². The van der Waals surface area contributed by atoms with E-state index in [0.717, 1.165) is 36.9 Å². The van der Waals surface area contributed by atoms with Crippen molar-refractivity contribution < 1.29 is 23.8 Å². The first-order chi connectivity index (χ1) is 17.9. The number of nitrogens with one attached hydrogen (secondary N) is 1. The number of methoxy groups -OCH3 is 2. The number of ketones is 1. The topological polar surface area (TPSA) is 73.9 Å². The van der Waals surface area contributed by atoms with Gasteiger partial charge in [-0.25, -0.2) is 4.79 Å². The smallest absolute Gasteiger partial charge is 0.337 e. The maximum atomic E-state index is 13.9. The summed E-state index contributed by atoms with van der Waals surface area (Å²) < 4.78 is 17.3. The minimum Gasteiger partial charge on any atom is -0.493 e. The molecule has 1 fully saturated rings. The predicted molar refractivity (Wildman–Crippen MR) is 142 cm³/mol. The van der Waals surface area contributed by atoms with Gasteiger partial charge in [-0.1, -0.05) is 35.9 Å². The number of allylic oxidation sites excluding steroid dienone is 3. The first-order valence-corrected chi connectivity index (χ1v) is 13.2. The minimum atomic E-state index is -0.617. The summed E-state index contributed by atoms with van der Waals surface area (Å²) >= 11 is 6.10. The summed E-state index contributed by atoms with van der Waals surface area (Å²) in [5.41, 5.74) is 4.36. The maximum Gasteiger partial charge on any atom is 0.337 e. The molecule has 1 N–H and O–H groups in total. The Hall–Kier alpha value is -3.25. The Labute approximate surface area is 222 Å². The second-order valence-electron chi connectivity index (χ2n) is 9.96. The van der Waals surface area contributed by atoms with Crippen molar-refractivity contribution in [3.63, 3.8) is 0 Å². The van der Waals surface area contributed by atoms with Crippen LogP contribution in [0.5, 0.6) is 11.5 Å². The molecule has 194 valence electrons. The van der Waals surface area contributed by atoms with E-state index in [0.29, 0.717) is 51.8 Å². The zero-order chi connectivity index (χ0) is 26.1. The molecular weight excluding hydrogens is 490 g/mol. The second kappa shape index (κ2) is 10.6. The van der Waals surface area contributed by atoms with Crippen molar-refractivity contribution in [2.24, 2.45) is 0 Å². The molecule has 6 nitrogen and oxygen atoms in total. The number of benzene rings is 2. The third-order valence-corrected chi connectivity index (χ3v) is 7.96. The Balaban J connectivity index is 1.60. The average molecular weight is 522 g/mol. The van der Waals surface area contributed by atoms with Crippen LogP contribution in [0.15, 0.2) is 65.0 Å². The highest BCUT2D eigenvalue weighted by molar-refractivity contribution is 6.30. The Morgan fingerprint density at radius 2 is 1.73 bits per heavy atom. The summed E-state index contributed by atoms with van der Waals surface area (Å²) in [6.45, 7) is 1.88. The zero-order valence-electron chi connectivity index (χ0n) is 21.4. The fraction of sp³-hybridized carbons (Fsp3) is 0.400. The number of halogens is 1. The van der Waals surface area contributed by atoms with Crippen molar-refractivity contribution in [3.8, 4) is 11.5 Å². The molecule has 0 amide bonds. The molecular formula is C30H32ClNO5. The van der Waals surface area contributed by atoms with Crippen molar-refractivity contribution in [2.75, 3.05) is 14.2 Å². The highest BCUT2D eigenvalue weighted by Gasteiger charge is 2.43. The van der Waals surface area contributed by atoms with Gasteiger partial charge in [-0.3, -0.25) is 4.79 Å². The van der Waals surface area contributed by atoms with Gasteiger partial charge < -0.3 is 19.5 Å². The van der Waals surface area contributed by atoms with Crippen LogP contribution in [0.25, 0.3) is 0 Å². The molecule has 2 aromatic carbocycles. The van der Waals surface area contributed by atoms with Crippen LogP contribution in [0.3, 0.4) is 0 Å². The summed E-state index contributed by atoms with van der Waals surface area (Å²) in [5.74, 6) is 0.0743. The molecule has 0 saturated heterocycles. The van der Waals surface area contributed by atoms with Crippen LogP contribution in [0.2, 0.25) is 5.02 Å². The number of ether oxygens (including phenoxy) is 3. The normalized spacial score (nSPS) is 22.0. The molecule has 5 rings (SSSR count). The molecule has 1 aliphatic heterocycles. The predicted octanol–water partition coefficient (Wildman–Crippen LogP) is 6.20. The van der Waals surface area contributed by atoms with Crippen LogP contribution in [-0.4, -0.2) is 32.1 Å². The third-order valence-electron chi connectivity index (χ3n) is 7.71. The Morgan fingerprint density at radius 3 is 2.41 bits per heavy atom. The van der Waals surface area contributed by atoms with Gasteiger partial charge in [-0.15, -0.1) is 0 Å². The largest absolute Gasteiger partial charge is 0.493 e. The van der Waals surface area contributed by atoms with Gasteiger partial charge >= 0.3 is 5.97 Å². The summed E-state index contributed by atoms with van der Waals surface area (Å²) in [6, 6.07) is 13.2. The van der Waals surface area contributed by atoms with Gasteiger partial charge in [0.25, 0.3) is 0 Å². The molecule has 1 heterocycles. The van der Waals surface area contributed by atoms with Gasteiger partial charge in [-0.2, -0.15) is 0 Å². The standard InChI is InChI=1S/C30H32ClNO5/c1-17-26(30(34)37-21-7-4-5-8-21)27(22-9-6-10-25(35-2)29(22)36-3)28-23(32-17)15-19(16-24(28)33)18-11-13-20(31)14-12-18/h6,9-14,19,21,27,32H,4-5,7-8,15-16H2,1-3H3. The molecule has 7 heteroatoms. The number of hydrogen-bond donors (Lipinski definition) is 1. The number of dihydropyridines is 1. The number of Topliss-reactive ketones (excluding diaryl/α,β-unsaturated/α-hetero) is 1. The van der Waals surface area contributed by atoms with Crippen LogP contribution in [0.4, 0.5) is 0 Å². The molecule has 2 aromatic rings. The quantitative estimate of drug-likeness (QED) is 0.456. The van der Waals surface area contributed by atoms with Crippen LogP contribution in [0, 0.1) is 0 Å². The van der Waals surface area contributed by atoms with Gasteiger partial charge in [0.05, 0.1) is 25.7 Å². The molecule has 1 saturated carbocycles. The van der Waals surface area contributed by atoms with E-state index in [1.54, 1.807) is 14.2 Å². The van der Waals surface area contributed by atoms with Crippen LogP contribution in [0.1, 0.15) is 68.4 Å². The summed E-state index contributed by atoms with van der Waals surface area (Å²) in [4.78, 5) is 27.5. The maximum absolute atomic E-state index is 13.9. The molecule has 0 bridgehead atoms. The SMILES string of the molecule is COc1cccc(C2C(C(=O)OC3CCCC3)=C(C)NC3=C2C(=O)CC(c2ccc(Cl)cc2)C3)c1OC. The van der Waals surface area contributed by atoms with E-state index >= 15 is 0 Å². The highest BCUT2D eigenvalue weighted by atomic mass is 35.5. The average Bonchev–Trinajstić information content (AvgIpc) is 3.40. The lowest BCUT2D eigenvalue weighted by molar-refractivity contribution is -0.144. The van der Waals surface area contributed by atoms with Gasteiger partial charge in [0.2, 0.25) is 0 Å². The van der Waals surface area contributed by atoms with Crippen molar-refractivity contribution in [1.82, 2.24) is 5.32 Å². The molecule has 2 unspecified atom stereocenters. The second-order valence-corrected chi connectivity index (χ2v) is 10.4. The zero-order valence-corrected chi connectivity index (χ0v) is 22.2. The highest BCUT2D eigenvalue weighted by Crippen LogP contribution is 2.49. The lowest BCUT2D eigenvalue weighted by Gasteiger charge is -2.37. The summed E-state index contributed by atoms with van der Waals surface area (Å²) in [7, 11) is 3.15. The van der Waals surface area contributed by atoms with E-state index in [2.05, 4.69) is 5.32 Å². The number of carbonyl (C=O) groups excluding carboxylic acids is 2. The summed E-state index contributed by atoms with van der Waals surface area (Å²) in [6.07, 6.45) is 4.75. The fourth-order valence-corrected chi connectivity index (χ4v) is 6.08. The van der Waals surface area contributed by atoms with Crippen molar-refractivity contribution >= 4 is 23.4 Å². The Kier molecular flexibility index (Phi) is 7.29. The molecule has 3 aliphatic rings. The van der Waals surface area contributed by atoms with E-state index in [1.165, 1.54) is 0 Å². The van der Waals surface area contributed by atoms with Crippen molar-refractivity contribution in [3.05, 3.63) is 81.2 Å². The minimum absolute atomic E-state index is 0.00207. The number of hydrogen-bond acceptors (Lipinski definition) is 6. The van der Waals surface area contributed by atoms with Crippen LogP contribution < -0.4 is 14.8 Å². The fourth-order valence-electron chi connectivity index (χ4n) is 5.95. The first-order valence-electron chi connectivity index (χ1n) is 12.8. The van der Waals surface area contributed by atoms with Crippen LogP contribution >= 0.6 is 11.6 Å². The van der Waals surface area contributed by atoms with E-state index < -0.39 is 5.92 Å². The Morgan fingerprint density at radius 1 is 1.00 bits per heavy atom. The number of rotatable bonds is 6. The van der Waals surface area contributed by atoms with Gasteiger partial charge in [-0.05, 0) is 68.7 Å².